The van der Waals surface area contributed by atoms with Gasteiger partial charge in [0.1, 0.15) is 5.84 Å². The number of aliphatic imine (C=N–C) groups is 1. The van der Waals surface area contributed by atoms with Crippen LogP contribution in [0.15, 0.2) is 16.8 Å². The van der Waals surface area contributed by atoms with Crippen LogP contribution < -0.4 is 0 Å². The van der Waals surface area contributed by atoms with Gasteiger partial charge in [0, 0.05) is 48.5 Å². The number of halogens is 2. The average Bonchev–Trinajstić information content (AvgIpc) is 2.54. The highest BCUT2D eigenvalue weighted by atomic mass is 79.9. The molecule has 3 aliphatic rings. The van der Waals surface area contributed by atoms with E-state index in [0.717, 1.165) is 51.9 Å². The molecule has 0 aromatic heterocycles. The van der Waals surface area contributed by atoms with Gasteiger partial charge in [0.25, 0.3) is 0 Å². The van der Waals surface area contributed by atoms with E-state index in [1.54, 1.807) is 0 Å². The quantitative estimate of drug-likeness (QED) is 0.612. The first-order valence-corrected chi connectivity index (χ1v) is 10.4. The smallest absolute Gasteiger partial charge is 0.226 e. The molecule has 0 radical (unpaired) electrons. The fraction of sp³-hybridized carbons (Fsp3) is 0.778. The maximum Gasteiger partial charge on any atom is 0.226 e. The molecule has 3 rings (SSSR count). The molecule has 6 heteroatoms. The summed E-state index contributed by atoms with van der Waals surface area (Å²) in [6, 6.07) is 0. The van der Waals surface area contributed by atoms with Crippen molar-refractivity contribution in [2.24, 2.45) is 16.8 Å². The van der Waals surface area contributed by atoms with E-state index in [4.69, 9.17) is 11.6 Å². The third-order valence-electron chi connectivity index (χ3n) is 5.43. The first-order valence-electron chi connectivity index (χ1n) is 9.01. The van der Waals surface area contributed by atoms with E-state index in [9.17, 15) is 4.79 Å². The summed E-state index contributed by atoms with van der Waals surface area (Å²) in [6.45, 7) is 7.76. The predicted molar refractivity (Wildman–Crippen MR) is 103 cm³/mol. The number of allylic oxidation sites excluding steroid dienone is 1. The molecule has 0 spiro atoms. The van der Waals surface area contributed by atoms with Crippen molar-refractivity contribution < 1.29 is 4.79 Å². The lowest BCUT2D eigenvalue weighted by Gasteiger charge is -2.41. The number of hydrogen-bond donors (Lipinski definition) is 0. The van der Waals surface area contributed by atoms with Crippen molar-refractivity contribution in [1.29, 1.82) is 0 Å². The lowest BCUT2D eigenvalue weighted by atomic mass is 9.87. The Kier molecular flexibility index (Phi) is 5.91. The van der Waals surface area contributed by atoms with Gasteiger partial charge in [-0.05, 0) is 32.6 Å². The Balaban J connectivity index is 1.56. The summed E-state index contributed by atoms with van der Waals surface area (Å²) in [5, 5.41) is 0.206. The monoisotopic (exact) mass is 415 g/mol. The number of rotatable bonds is 1. The van der Waals surface area contributed by atoms with Gasteiger partial charge in [-0.3, -0.25) is 4.79 Å². The van der Waals surface area contributed by atoms with Gasteiger partial charge in [0.2, 0.25) is 5.91 Å². The number of amidine groups is 1. The SMILES string of the molecule is CC1=CN=C(N2CCN(C(=O)C3CCC(Cl)CC3Br)CC2)C(C)C1. The molecule has 0 N–H and O–H groups in total. The molecule has 1 amide bonds. The maximum absolute atomic E-state index is 12.9. The van der Waals surface area contributed by atoms with Gasteiger partial charge < -0.3 is 9.80 Å². The Hall–Kier alpha value is -0.550. The Labute approximate surface area is 158 Å². The summed E-state index contributed by atoms with van der Waals surface area (Å²) in [7, 11) is 0. The normalized spacial score (nSPS) is 34.7. The standard InChI is InChI=1S/C18H27BrClN3O/c1-12-9-13(2)17(21-11-12)22-5-7-23(8-6-22)18(24)15-4-3-14(20)10-16(15)19/h11,13-16H,3-10H2,1-2H3. The van der Waals surface area contributed by atoms with Gasteiger partial charge in [0.15, 0.2) is 0 Å². The van der Waals surface area contributed by atoms with E-state index in [2.05, 4.69) is 39.7 Å². The highest BCUT2D eigenvalue weighted by molar-refractivity contribution is 9.09. The fourth-order valence-corrected chi connectivity index (χ4v) is 5.54. The molecule has 4 atom stereocenters. The molecular weight excluding hydrogens is 390 g/mol. The van der Waals surface area contributed by atoms with E-state index >= 15 is 0 Å². The Morgan fingerprint density at radius 2 is 2.00 bits per heavy atom. The molecule has 24 heavy (non-hydrogen) atoms. The molecule has 4 unspecified atom stereocenters. The molecule has 1 saturated heterocycles. The van der Waals surface area contributed by atoms with E-state index in [1.165, 1.54) is 11.4 Å². The van der Waals surface area contributed by atoms with Gasteiger partial charge in [0.05, 0.1) is 5.92 Å². The van der Waals surface area contributed by atoms with Crippen LogP contribution in [0.1, 0.15) is 39.5 Å². The molecular formula is C18H27BrClN3O. The van der Waals surface area contributed by atoms with Gasteiger partial charge >= 0.3 is 0 Å². The van der Waals surface area contributed by atoms with Crippen LogP contribution in [0.25, 0.3) is 0 Å². The van der Waals surface area contributed by atoms with E-state index < -0.39 is 0 Å². The minimum Gasteiger partial charge on any atom is -0.356 e. The van der Waals surface area contributed by atoms with E-state index in [-0.39, 0.29) is 16.1 Å². The first-order chi connectivity index (χ1) is 11.5. The maximum atomic E-state index is 12.9. The minimum atomic E-state index is 0.0862. The van der Waals surface area contributed by atoms with Crippen molar-refractivity contribution in [3.8, 4) is 0 Å². The van der Waals surface area contributed by atoms with Crippen molar-refractivity contribution >= 4 is 39.3 Å². The Morgan fingerprint density at radius 3 is 2.62 bits per heavy atom. The summed E-state index contributed by atoms with van der Waals surface area (Å²) >= 11 is 9.90. The topological polar surface area (TPSA) is 35.9 Å². The average molecular weight is 417 g/mol. The van der Waals surface area contributed by atoms with Crippen LogP contribution in [-0.4, -0.2) is 57.9 Å². The van der Waals surface area contributed by atoms with Crippen LogP contribution in [0.4, 0.5) is 0 Å². The molecule has 1 aliphatic carbocycles. The summed E-state index contributed by atoms with van der Waals surface area (Å²) in [4.78, 5) is 22.1. The van der Waals surface area contributed by atoms with Gasteiger partial charge in [-0.1, -0.05) is 28.4 Å². The summed E-state index contributed by atoms with van der Waals surface area (Å²) < 4.78 is 0. The second kappa shape index (κ2) is 7.77. The number of hydrogen-bond acceptors (Lipinski definition) is 3. The highest BCUT2D eigenvalue weighted by Crippen LogP contribution is 2.34. The molecule has 0 aromatic rings. The summed E-state index contributed by atoms with van der Waals surface area (Å²) in [5.41, 5.74) is 1.35. The zero-order chi connectivity index (χ0) is 17.3. The van der Waals surface area contributed by atoms with Crippen LogP contribution in [0.2, 0.25) is 0 Å². The molecule has 2 aliphatic heterocycles. The molecule has 1 saturated carbocycles. The van der Waals surface area contributed by atoms with Crippen molar-refractivity contribution in [2.75, 3.05) is 26.2 Å². The predicted octanol–water partition coefficient (Wildman–Crippen LogP) is 3.64. The van der Waals surface area contributed by atoms with Crippen molar-refractivity contribution in [3.63, 3.8) is 0 Å². The number of carbonyl (C=O) groups excluding carboxylic acids is 1. The third kappa shape index (κ3) is 3.98. The molecule has 4 nitrogen and oxygen atoms in total. The molecule has 2 heterocycles. The number of piperazine rings is 1. The first kappa shape index (κ1) is 18.2. The van der Waals surface area contributed by atoms with Crippen LogP contribution in [0, 0.1) is 11.8 Å². The Bertz CT molecular complexity index is 542. The number of nitrogens with zero attached hydrogens (tertiary/aromatic N) is 3. The molecule has 0 aromatic carbocycles. The van der Waals surface area contributed by atoms with Crippen molar-refractivity contribution in [2.45, 2.75) is 49.7 Å². The highest BCUT2D eigenvalue weighted by Gasteiger charge is 2.36. The molecule has 2 fully saturated rings. The van der Waals surface area contributed by atoms with Gasteiger partial charge in [-0.25, -0.2) is 4.99 Å². The van der Waals surface area contributed by atoms with Crippen LogP contribution in [0.5, 0.6) is 0 Å². The van der Waals surface area contributed by atoms with Crippen LogP contribution in [0.3, 0.4) is 0 Å². The Morgan fingerprint density at radius 1 is 1.29 bits per heavy atom. The minimum absolute atomic E-state index is 0.0862. The third-order valence-corrected chi connectivity index (χ3v) is 6.84. The van der Waals surface area contributed by atoms with E-state index in [0.29, 0.717) is 11.8 Å². The van der Waals surface area contributed by atoms with Gasteiger partial charge in [-0.15, -0.1) is 11.6 Å². The van der Waals surface area contributed by atoms with Crippen LogP contribution in [-0.2, 0) is 4.79 Å². The van der Waals surface area contributed by atoms with Gasteiger partial charge in [-0.2, -0.15) is 0 Å². The zero-order valence-corrected chi connectivity index (χ0v) is 16.9. The number of amides is 1. The fourth-order valence-electron chi connectivity index (χ4n) is 4.06. The number of carbonyl (C=O) groups is 1. The molecule has 134 valence electrons. The summed E-state index contributed by atoms with van der Waals surface area (Å²) in [5.74, 6) is 2.05. The lowest BCUT2D eigenvalue weighted by Crippen LogP contribution is -2.54. The second-order valence-corrected chi connectivity index (χ2v) is 9.21. The van der Waals surface area contributed by atoms with Crippen LogP contribution >= 0.6 is 27.5 Å². The van der Waals surface area contributed by atoms with Crippen molar-refractivity contribution in [3.05, 3.63) is 11.8 Å². The molecule has 0 bridgehead atoms. The largest absolute Gasteiger partial charge is 0.356 e. The van der Waals surface area contributed by atoms with Crippen molar-refractivity contribution in [1.82, 2.24) is 9.80 Å². The summed E-state index contributed by atoms with van der Waals surface area (Å²) in [6.07, 6.45) is 5.81. The lowest BCUT2D eigenvalue weighted by molar-refractivity contribution is -0.137. The second-order valence-electron chi connectivity index (χ2n) is 7.41. The zero-order valence-electron chi connectivity index (χ0n) is 14.5. The van der Waals surface area contributed by atoms with E-state index in [1.807, 2.05) is 11.1 Å². The number of alkyl halides is 2.